The number of ether oxygens (including phenoxy) is 1. The third-order valence-electron chi connectivity index (χ3n) is 2.90. The highest BCUT2D eigenvalue weighted by Gasteiger charge is 2.10. The van der Waals surface area contributed by atoms with E-state index in [1.165, 1.54) is 13.2 Å². The minimum absolute atomic E-state index is 0.251. The van der Waals surface area contributed by atoms with Gasteiger partial charge >= 0.3 is 0 Å². The van der Waals surface area contributed by atoms with Gasteiger partial charge in [-0.15, -0.1) is 0 Å². The minimum atomic E-state index is -0.357. The van der Waals surface area contributed by atoms with Crippen molar-refractivity contribution in [3.63, 3.8) is 0 Å². The van der Waals surface area contributed by atoms with Crippen LogP contribution in [0.25, 0.3) is 0 Å². The Balaban J connectivity index is 1.97. The van der Waals surface area contributed by atoms with Crippen LogP contribution in [-0.2, 0) is 19.5 Å². The fraction of sp³-hybridized carbons (Fsp3) is 0.429. The number of hydrogen-bond donors (Lipinski definition) is 0. The molecular weight excluding hydrogens is 261 g/mol. The van der Waals surface area contributed by atoms with E-state index in [4.69, 9.17) is 9.26 Å². The zero-order chi connectivity index (χ0) is 14.5. The Morgan fingerprint density at radius 1 is 1.35 bits per heavy atom. The van der Waals surface area contributed by atoms with Crippen molar-refractivity contribution >= 4 is 0 Å². The molecule has 5 nitrogen and oxygen atoms in total. The first-order valence-corrected chi connectivity index (χ1v) is 6.44. The first kappa shape index (κ1) is 14.5. The molecule has 0 saturated heterocycles. The quantitative estimate of drug-likeness (QED) is 0.812. The Bertz CT molecular complexity index is 571. The molecule has 1 heterocycles. The van der Waals surface area contributed by atoms with E-state index in [2.05, 4.69) is 10.1 Å². The Labute approximate surface area is 117 Å². The second-order valence-corrected chi connectivity index (χ2v) is 4.60. The van der Waals surface area contributed by atoms with Crippen molar-refractivity contribution in [1.82, 2.24) is 15.0 Å². The van der Waals surface area contributed by atoms with Crippen LogP contribution in [0.1, 0.15) is 24.2 Å². The summed E-state index contributed by atoms with van der Waals surface area (Å²) in [5, 5.41) is 3.84. The van der Waals surface area contributed by atoms with Crippen LogP contribution in [0, 0.1) is 5.82 Å². The zero-order valence-electron chi connectivity index (χ0n) is 11.9. The smallest absolute Gasteiger partial charge is 0.240 e. The van der Waals surface area contributed by atoms with E-state index in [9.17, 15) is 4.39 Å². The van der Waals surface area contributed by atoms with Crippen LogP contribution in [-0.4, -0.2) is 29.2 Å². The SMILES string of the molecule is CCc1noc(CN(C)Cc2ccc(OC)c(F)c2)n1. The Morgan fingerprint density at radius 3 is 2.75 bits per heavy atom. The summed E-state index contributed by atoms with van der Waals surface area (Å²) in [7, 11) is 3.36. The summed E-state index contributed by atoms with van der Waals surface area (Å²) in [4.78, 5) is 6.22. The highest BCUT2D eigenvalue weighted by molar-refractivity contribution is 5.29. The molecule has 1 aromatic heterocycles. The van der Waals surface area contributed by atoms with Crippen molar-refractivity contribution in [1.29, 1.82) is 0 Å². The van der Waals surface area contributed by atoms with Crippen molar-refractivity contribution in [2.75, 3.05) is 14.2 Å². The van der Waals surface area contributed by atoms with Gasteiger partial charge in [0.2, 0.25) is 5.89 Å². The third kappa shape index (κ3) is 3.54. The molecule has 0 unspecified atom stereocenters. The lowest BCUT2D eigenvalue weighted by Gasteiger charge is -2.14. The van der Waals surface area contributed by atoms with Gasteiger partial charge in [0.25, 0.3) is 0 Å². The molecule has 0 aliphatic carbocycles. The normalized spacial score (nSPS) is 11.1. The molecule has 0 N–H and O–H groups in total. The monoisotopic (exact) mass is 279 g/mol. The number of rotatable bonds is 6. The van der Waals surface area contributed by atoms with Gasteiger partial charge in [-0.05, 0) is 24.7 Å². The van der Waals surface area contributed by atoms with Crippen molar-refractivity contribution in [2.24, 2.45) is 0 Å². The second-order valence-electron chi connectivity index (χ2n) is 4.60. The van der Waals surface area contributed by atoms with Crippen molar-refractivity contribution in [2.45, 2.75) is 26.4 Å². The second kappa shape index (κ2) is 6.47. The number of aromatic nitrogens is 2. The number of halogens is 1. The molecule has 2 aromatic rings. The lowest BCUT2D eigenvalue weighted by Crippen LogP contribution is -2.17. The molecule has 1 aromatic carbocycles. The summed E-state index contributed by atoms with van der Waals surface area (Å²) in [5.41, 5.74) is 0.862. The Kier molecular flexibility index (Phi) is 4.68. The highest BCUT2D eigenvalue weighted by Crippen LogP contribution is 2.18. The zero-order valence-corrected chi connectivity index (χ0v) is 11.9. The maximum atomic E-state index is 13.6. The molecule has 6 heteroatoms. The topological polar surface area (TPSA) is 51.4 Å². The van der Waals surface area contributed by atoms with E-state index in [0.717, 1.165) is 12.0 Å². The molecule has 0 atom stereocenters. The summed E-state index contributed by atoms with van der Waals surface area (Å²) < 4.78 is 23.6. The maximum absolute atomic E-state index is 13.6. The molecular formula is C14H18FN3O2. The number of methoxy groups -OCH3 is 1. The lowest BCUT2D eigenvalue weighted by molar-refractivity contribution is 0.260. The predicted octanol–water partition coefficient (Wildman–Crippen LogP) is 2.41. The van der Waals surface area contributed by atoms with Gasteiger partial charge in [0.05, 0.1) is 13.7 Å². The van der Waals surface area contributed by atoms with E-state index >= 15 is 0 Å². The molecule has 0 amide bonds. The molecule has 0 spiro atoms. The van der Waals surface area contributed by atoms with Gasteiger partial charge in [-0.25, -0.2) is 4.39 Å². The van der Waals surface area contributed by atoms with E-state index in [1.54, 1.807) is 6.07 Å². The fourth-order valence-corrected chi connectivity index (χ4v) is 1.90. The van der Waals surface area contributed by atoms with Gasteiger partial charge in [-0.2, -0.15) is 4.98 Å². The number of hydrogen-bond acceptors (Lipinski definition) is 5. The van der Waals surface area contributed by atoms with Gasteiger partial charge in [-0.3, -0.25) is 4.90 Å². The van der Waals surface area contributed by atoms with Crippen LogP contribution < -0.4 is 4.74 Å². The van der Waals surface area contributed by atoms with E-state index in [1.807, 2.05) is 24.9 Å². The average Bonchev–Trinajstić information content (AvgIpc) is 2.86. The van der Waals surface area contributed by atoms with E-state index < -0.39 is 0 Å². The maximum Gasteiger partial charge on any atom is 0.240 e. The molecule has 0 fully saturated rings. The highest BCUT2D eigenvalue weighted by atomic mass is 19.1. The molecule has 0 saturated carbocycles. The molecule has 0 aliphatic heterocycles. The summed E-state index contributed by atoms with van der Waals surface area (Å²) in [6.07, 6.45) is 0.747. The van der Waals surface area contributed by atoms with Gasteiger partial charge in [0, 0.05) is 13.0 Å². The molecule has 108 valence electrons. The molecule has 0 bridgehead atoms. The number of benzene rings is 1. The van der Waals surface area contributed by atoms with Crippen LogP contribution >= 0.6 is 0 Å². The minimum Gasteiger partial charge on any atom is -0.494 e. The van der Waals surface area contributed by atoms with Gasteiger partial charge < -0.3 is 9.26 Å². The Hall–Kier alpha value is -1.95. The average molecular weight is 279 g/mol. The van der Waals surface area contributed by atoms with Gasteiger partial charge in [0.1, 0.15) is 0 Å². The fourth-order valence-electron chi connectivity index (χ4n) is 1.90. The standard InChI is InChI=1S/C14H18FN3O2/c1-4-13-16-14(20-17-13)9-18(2)8-10-5-6-12(19-3)11(15)7-10/h5-7H,4,8-9H2,1-3H3. The van der Waals surface area contributed by atoms with Crippen LogP contribution in [0.2, 0.25) is 0 Å². The van der Waals surface area contributed by atoms with E-state index in [0.29, 0.717) is 24.8 Å². The Morgan fingerprint density at radius 2 is 2.15 bits per heavy atom. The lowest BCUT2D eigenvalue weighted by atomic mass is 10.2. The molecule has 2 rings (SSSR count). The predicted molar refractivity (Wildman–Crippen MR) is 71.8 cm³/mol. The summed E-state index contributed by atoms with van der Waals surface area (Å²) in [6, 6.07) is 4.94. The summed E-state index contributed by atoms with van der Waals surface area (Å²) >= 11 is 0. The largest absolute Gasteiger partial charge is 0.494 e. The van der Waals surface area contributed by atoms with Gasteiger partial charge in [0.15, 0.2) is 17.4 Å². The van der Waals surface area contributed by atoms with Gasteiger partial charge in [-0.1, -0.05) is 18.1 Å². The van der Waals surface area contributed by atoms with E-state index in [-0.39, 0.29) is 11.6 Å². The van der Waals surface area contributed by atoms with Crippen LogP contribution in [0.4, 0.5) is 4.39 Å². The molecule has 0 radical (unpaired) electrons. The first-order valence-electron chi connectivity index (χ1n) is 6.44. The van der Waals surface area contributed by atoms with Crippen molar-refractivity contribution in [3.05, 3.63) is 41.3 Å². The van der Waals surface area contributed by atoms with Crippen molar-refractivity contribution < 1.29 is 13.7 Å². The van der Waals surface area contributed by atoms with Crippen LogP contribution in [0.5, 0.6) is 5.75 Å². The summed E-state index contributed by atoms with van der Waals surface area (Å²) in [5.74, 6) is 1.16. The first-order chi connectivity index (χ1) is 9.62. The summed E-state index contributed by atoms with van der Waals surface area (Å²) in [6.45, 7) is 3.09. The van der Waals surface area contributed by atoms with Crippen molar-refractivity contribution in [3.8, 4) is 5.75 Å². The number of aryl methyl sites for hydroxylation is 1. The third-order valence-corrected chi connectivity index (χ3v) is 2.90. The molecule has 0 aliphatic rings. The van der Waals surface area contributed by atoms with Crippen LogP contribution in [0.15, 0.2) is 22.7 Å². The number of nitrogens with zero attached hydrogens (tertiary/aromatic N) is 3. The van der Waals surface area contributed by atoms with Crippen LogP contribution in [0.3, 0.4) is 0 Å². The molecule has 20 heavy (non-hydrogen) atoms.